The van der Waals surface area contributed by atoms with E-state index in [1.54, 1.807) is 0 Å². The van der Waals surface area contributed by atoms with Crippen LogP contribution in [0.15, 0.2) is 152 Å². The largest absolute Gasteiger partial charge is 0.309 e. The Kier molecular flexibility index (Phi) is 4.67. The Morgan fingerprint density at radius 2 is 1.00 bits per heavy atom. The molecule has 0 radical (unpaired) electrons. The Morgan fingerprint density at radius 3 is 1.88 bits per heavy atom. The van der Waals surface area contributed by atoms with Crippen LogP contribution in [0, 0.1) is 0 Å². The molecule has 0 unspecified atom stereocenters. The molecule has 0 amide bonds. The summed E-state index contributed by atoms with van der Waals surface area (Å²) >= 11 is 0. The van der Waals surface area contributed by atoms with Gasteiger partial charge in [-0.2, -0.15) is 0 Å². The Hall–Kier alpha value is -5.40. The third-order valence-electron chi connectivity index (χ3n) is 8.72. The minimum atomic E-state index is 1.18. The molecule has 0 N–H and O–H groups in total. The summed E-state index contributed by atoms with van der Waals surface area (Å²) in [6.07, 6.45) is 0. The van der Waals surface area contributed by atoms with Crippen molar-refractivity contribution in [2.24, 2.45) is 0 Å². The van der Waals surface area contributed by atoms with Crippen molar-refractivity contribution < 1.29 is 0 Å². The van der Waals surface area contributed by atoms with Crippen molar-refractivity contribution in [2.45, 2.75) is 0 Å². The van der Waals surface area contributed by atoms with Gasteiger partial charge in [0.2, 0.25) is 0 Å². The zero-order valence-electron chi connectivity index (χ0n) is 22.4. The van der Waals surface area contributed by atoms with E-state index in [9.17, 15) is 0 Å². The van der Waals surface area contributed by atoms with Crippen molar-refractivity contribution in [3.05, 3.63) is 152 Å². The van der Waals surface area contributed by atoms with Gasteiger partial charge in [-0.05, 0) is 67.7 Å². The molecule has 0 bridgehead atoms. The van der Waals surface area contributed by atoms with Crippen molar-refractivity contribution >= 4 is 64.9 Å². The van der Waals surface area contributed by atoms with E-state index >= 15 is 0 Å². The number of benzene rings is 8. The van der Waals surface area contributed by atoms with Gasteiger partial charge in [-0.1, -0.05) is 127 Å². The van der Waals surface area contributed by atoms with Gasteiger partial charge in [0.1, 0.15) is 0 Å². The molecular formula is C40H25N. The number of aromatic nitrogens is 1. The minimum absolute atomic E-state index is 1.18. The molecule has 8 aromatic carbocycles. The Labute approximate surface area is 237 Å². The maximum absolute atomic E-state index is 2.48. The highest BCUT2D eigenvalue weighted by Crippen LogP contribution is 2.44. The molecule has 9 rings (SSSR count). The molecule has 0 fully saturated rings. The van der Waals surface area contributed by atoms with E-state index in [0.29, 0.717) is 0 Å². The standard InChI is InChI=1S/C40H25N/c1-2-10-26(11-3-1)28-18-19-30-25-31(22-20-29(30)24-28)41-37-17-9-8-16-36(37)39-38-32-13-5-4-12-27(32)21-23-34(38)33-14-6-7-15-35(33)40(39)41/h1-25H. The van der Waals surface area contributed by atoms with Gasteiger partial charge in [0, 0.05) is 27.2 Å². The van der Waals surface area contributed by atoms with Crippen LogP contribution in [-0.4, -0.2) is 4.57 Å². The van der Waals surface area contributed by atoms with Crippen molar-refractivity contribution in [3.63, 3.8) is 0 Å². The lowest BCUT2D eigenvalue weighted by atomic mass is 9.93. The fourth-order valence-electron chi connectivity index (χ4n) is 6.89. The lowest BCUT2D eigenvalue weighted by Crippen LogP contribution is -1.95. The van der Waals surface area contributed by atoms with E-state index in [0.717, 1.165) is 0 Å². The lowest BCUT2D eigenvalue weighted by Gasteiger charge is -2.14. The van der Waals surface area contributed by atoms with Crippen molar-refractivity contribution in [2.75, 3.05) is 0 Å². The quantitative estimate of drug-likeness (QED) is 0.200. The molecule has 0 aliphatic carbocycles. The summed E-state index contributed by atoms with van der Waals surface area (Å²) in [5, 5.41) is 12.9. The molecule has 1 nitrogen and oxygen atoms in total. The second-order valence-electron chi connectivity index (χ2n) is 10.9. The normalized spacial score (nSPS) is 11.9. The molecule has 1 heteroatoms. The van der Waals surface area contributed by atoms with Crippen LogP contribution in [-0.2, 0) is 0 Å². The van der Waals surface area contributed by atoms with Crippen LogP contribution in [0.1, 0.15) is 0 Å². The third kappa shape index (κ3) is 3.24. The minimum Gasteiger partial charge on any atom is -0.309 e. The van der Waals surface area contributed by atoms with Gasteiger partial charge in [-0.15, -0.1) is 0 Å². The van der Waals surface area contributed by atoms with Crippen LogP contribution in [0.25, 0.3) is 81.7 Å². The summed E-state index contributed by atoms with van der Waals surface area (Å²) in [6.45, 7) is 0. The van der Waals surface area contributed by atoms with Crippen molar-refractivity contribution in [1.82, 2.24) is 4.57 Å². The number of hydrogen-bond donors (Lipinski definition) is 0. The summed E-state index contributed by atoms with van der Waals surface area (Å²) in [4.78, 5) is 0. The highest BCUT2D eigenvalue weighted by atomic mass is 15.0. The first-order valence-corrected chi connectivity index (χ1v) is 14.2. The molecule has 9 aromatic rings. The topological polar surface area (TPSA) is 4.93 Å². The fraction of sp³-hybridized carbons (Fsp3) is 0. The molecule has 0 saturated carbocycles. The van der Waals surface area contributed by atoms with Gasteiger partial charge >= 0.3 is 0 Å². The zero-order valence-corrected chi connectivity index (χ0v) is 22.4. The number of nitrogens with zero attached hydrogens (tertiary/aromatic N) is 1. The molecule has 0 saturated heterocycles. The number of hydrogen-bond acceptors (Lipinski definition) is 0. The van der Waals surface area contributed by atoms with E-state index in [1.807, 2.05) is 0 Å². The average molecular weight is 520 g/mol. The second kappa shape index (κ2) is 8.55. The Bertz CT molecular complexity index is 2460. The summed E-state index contributed by atoms with van der Waals surface area (Å²) in [5.41, 5.74) is 6.17. The van der Waals surface area contributed by atoms with Gasteiger partial charge in [-0.3, -0.25) is 0 Å². The highest BCUT2D eigenvalue weighted by molar-refractivity contribution is 6.36. The van der Waals surface area contributed by atoms with Gasteiger partial charge in [0.25, 0.3) is 0 Å². The predicted molar refractivity (Wildman–Crippen MR) is 176 cm³/mol. The van der Waals surface area contributed by atoms with E-state index in [1.165, 1.54) is 81.7 Å². The maximum atomic E-state index is 2.48. The predicted octanol–water partition coefficient (Wildman–Crippen LogP) is 11.1. The SMILES string of the molecule is c1ccc(-c2ccc3cc(-n4c5ccccc5c5c6c7ccccc7ccc6c6ccccc6c54)ccc3c2)cc1. The van der Waals surface area contributed by atoms with Crippen LogP contribution >= 0.6 is 0 Å². The molecule has 41 heavy (non-hydrogen) atoms. The van der Waals surface area contributed by atoms with Crippen LogP contribution < -0.4 is 0 Å². The van der Waals surface area contributed by atoms with Gasteiger partial charge in [-0.25, -0.2) is 0 Å². The first-order valence-electron chi connectivity index (χ1n) is 14.2. The van der Waals surface area contributed by atoms with Crippen LogP contribution in [0.5, 0.6) is 0 Å². The number of rotatable bonds is 2. The summed E-state index contributed by atoms with van der Waals surface area (Å²) in [5.74, 6) is 0. The summed E-state index contributed by atoms with van der Waals surface area (Å²) in [6, 6.07) is 55.5. The Morgan fingerprint density at radius 1 is 0.341 bits per heavy atom. The van der Waals surface area contributed by atoms with Gasteiger partial charge in [0.15, 0.2) is 0 Å². The highest BCUT2D eigenvalue weighted by Gasteiger charge is 2.20. The molecule has 1 heterocycles. The second-order valence-corrected chi connectivity index (χ2v) is 10.9. The fourth-order valence-corrected chi connectivity index (χ4v) is 6.89. The molecule has 0 spiro atoms. The molecule has 1 aromatic heterocycles. The van der Waals surface area contributed by atoms with Crippen molar-refractivity contribution in [1.29, 1.82) is 0 Å². The van der Waals surface area contributed by atoms with E-state index < -0.39 is 0 Å². The van der Waals surface area contributed by atoms with Crippen LogP contribution in [0.3, 0.4) is 0 Å². The summed E-state index contributed by atoms with van der Waals surface area (Å²) in [7, 11) is 0. The third-order valence-corrected chi connectivity index (χ3v) is 8.72. The van der Waals surface area contributed by atoms with Gasteiger partial charge in [0.05, 0.1) is 11.0 Å². The monoisotopic (exact) mass is 519 g/mol. The first-order chi connectivity index (χ1) is 20.3. The first kappa shape index (κ1) is 22.4. The molecule has 0 atom stereocenters. The van der Waals surface area contributed by atoms with E-state index in [-0.39, 0.29) is 0 Å². The van der Waals surface area contributed by atoms with Crippen LogP contribution in [0.2, 0.25) is 0 Å². The number of para-hydroxylation sites is 1. The van der Waals surface area contributed by atoms with E-state index in [2.05, 4.69) is 156 Å². The summed E-state index contributed by atoms with van der Waals surface area (Å²) < 4.78 is 2.48. The Balaban J connectivity index is 1.42. The molecule has 0 aliphatic heterocycles. The molecule has 0 aliphatic rings. The maximum Gasteiger partial charge on any atom is 0.0626 e. The molecular weight excluding hydrogens is 494 g/mol. The van der Waals surface area contributed by atoms with Crippen LogP contribution in [0.4, 0.5) is 0 Å². The average Bonchev–Trinajstić information content (AvgIpc) is 3.40. The van der Waals surface area contributed by atoms with E-state index in [4.69, 9.17) is 0 Å². The zero-order chi connectivity index (χ0) is 26.9. The molecule has 190 valence electrons. The smallest absolute Gasteiger partial charge is 0.0626 e. The number of fused-ring (bicyclic) bond motifs is 11. The van der Waals surface area contributed by atoms with Crippen molar-refractivity contribution in [3.8, 4) is 16.8 Å². The van der Waals surface area contributed by atoms with Gasteiger partial charge < -0.3 is 4.57 Å². The lowest BCUT2D eigenvalue weighted by molar-refractivity contribution is 1.19.